The highest BCUT2D eigenvalue weighted by Gasteiger charge is 2.10. The minimum Gasteiger partial charge on any atom is -0.377 e. The molecule has 84 valence electrons. The second-order valence-electron chi connectivity index (χ2n) is 3.32. The molecule has 0 fully saturated rings. The average Bonchev–Trinajstić information content (AvgIpc) is 2.21. The number of nitrogens with one attached hydrogen (secondary N) is 1. The minimum atomic E-state index is -3.69. The maximum atomic E-state index is 11.8. The van der Waals surface area contributed by atoms with Crippen LogP contribution in [-0.2, 0) is 10.1 Å². The van der Waals surface area contributed by atoms with Gasteiger partial charge in [0.25, 0.3) is 0 Å². The standard InChI is InChI=1S/C10H9NO4S/c1-16(13,14)15-9-6-11-8-5-3-2-4-7(8)10(9)12/h2-6H,1H3,(H,11,12). The highest BCUT2D eigenvalue weighted by Crippen LogP contribution is 2.12. The number of para-hydroxylation sites is 1. The van der Waals surface area contributed by atoms with E-state index >= 15 is 0 Å². The van der Waals surface area contributed by atoms with Crippen LogP contribution in [0.15, 0.2) is 35.3 Å². The second-order valence-corrected chi connectivity index (χ2v) is 4.89. The number of benzene rings is 1. The molecule has 0 atom stereocenters. The largest absolute Gasteiger partial charge is 0.377 e. The summed E-state index contributed by atoms with van der Waals surface area (Å²) in [6, 6.07) is 6.79. The Bertz CT molecular complexity index is 687. The summed E-state index contributed by atoms with van der Waals surface area (Å²) in [5.74, 6) is -0.221. The van der Waals surface area contributed by atoms with Gasteiger partial charge in [0.15, 0.2) is 0 Å². The summed E-state index contributed by atoms with van der Waals surface area (Å²) in [4.78, 5) is 14.6. The van der Waals surface area contributed by atoms with Crippen molar-refractivity contribution in [1.29, 1.82) is 0 Å². The quantitative estimate of drug-likeness (QED) is 0.789. The first-order valence-electron chi connectivity index (χ1n) is 4.47. The summed E-state index contributed by atoms with van der Waals surface area (Å²) in [6.07, 6.45) is 2.13. The van der Waals surface area contributed by atoms with Gasteiger partial charge in [-0.05, 0) is 12.1 Å². The summed E-state index contributed by atoms with van der Waals surface area (Å²) < 4.78 is 26.4. The average molecular weight is 239 g/mol. The monoisotopic (exact) mass is 239 g/mol. The van der Waals surface area contributed by atoms with Crippen molar-refractivity contribution < 1.29 is 12.6 Å². The fourth-order valence-corrected chi connectivity index (χ4v) is 1.82. The van der Waals surface area contributed by atoms with Gasteiger partial charge < -0.3 is 9.17 Å². The molecular formula is C10H9NO4S. The third kappa shape index (κ3) is 2.06. The van der Waals surface area contributed by atoms with Crippen LogP contribution in [0.2, 0.25) is 0 Å². The first kappa shape index (κ1) is 10.7. The molecule has 0 saturated carbocycles. The first-order chi connectivity index (χ1) is 7.47. The minimum absolute atomic E-state index is 0.221. The molecular weight excluding hydrogens is 230 g/mol. The maximum Gasteiger partial charge on any atom is 0.306 e. The molecule has 0 radical (unpaired) electrons. The number of aromatic amines is 1. The second kappa shape index (κ2) is 3.64. The van der Waals surface area contributed by atoms with Crippen LogP contribution in [0.5, 0.6) is 5.75 Å². The van der Waals surface area contributed by atoms with Gasteiger partial charge in [-0.1, -0.05) is 12.1 Å². The Morgan fingerprint density at radius 1 is 1.25 bits per heavy atom. The Morgan fingerprint density at radius 3 is 2.62 bits per heavy atom. The van der Waals surface area contributed by atoms with Gasteiger partial charge in [-0.15, -0.1) is 0 Å². The van der Waals surface area contributed by atoms with Crippen LogP contribution in [0.1, 0.15) is 0 Å². The lowest BCUT2D eigenvalue weighted by molar-refractivity contribution is 0.490. The van der Waals surface area contributed by atoms with Crippen molar-refractivity contribution in [2.75, 3.05) is 6.26 Å². The van der Waals surface area contributed by atoms with E-state index in [2.05, 4.69) is 9.17 Å². The van der Waals surface area contributed by atoms with E-state index in [1.807, 2.05) is 0 Å². The van der Waals surface area contributed by atoms with Crippen LogP contribution in [0, 0.1) is 0 Å². The number of rotatable bonds is 2. The Hall–Kier alpha value is -1.82. The smallest absolute Gasteiger partial charge is 0.306 e. The summed E-state index contributed by atoms with van der Waals surface area (Å²) >= 11 is 0. The van der Waals surface area contributed by atoms with Crippen molar-refractivity contribution in [1.82, 2.24) is 4.98 Å². The highest BCUT2D eigenvalue weighted by atomic mass is 32.2. The zero-order valence-electron chi connectivity index (χ0n) is 8.43. The van der Waals surface area contributed by atoms with E-state index in [0.29, 0.717) is 10.9 Å². The van der Waals surface area contributed by atoms with Crippen LogP contribution in [0.3, 0.4) is 0 Å². The molecule has 0 amide bonds. The zero-order valence-corrected chi connectivity index (χ0v) is 9.24. The van der Waals surface area contributed by atoms with Gasteiger partial charge in [0.1, 0.15) is 0 Å². The molecule has 0 spiro atoms. The molecule has 1 aromatic heterocycles. The van der Waals surface area contributed by atoms with Crippen LogP contribution in [-0.4, -0.2) is 19.7 Å². The molecule has 0 aliphatic carbocycles. The number of pyridine rings is 1. The summed E-state index contributed by atoms with van der Waals surface area (Å²) in [6.45, 7) is 0. The molecule has 1 aromatic carbocycles. The lowest BCUT2D eigenvalue weighted by atomic mass is 10.2. The van der Waals surface area contributed by atoms with Crippen molar-refractivity contribution in [2.24, 2.45) is 0 Å². The third-order valence-electron chi connectivity index (χ3n) is 2.00. The molecule has 0 aliphatic heterocycles. The van der Waals surface area contributed by atoms with Crippen LogP contribution in [0.25, 0.3) is 10.9 Å². The topological polar surface area (TPSA) is 76.2 Å². The van der Waals surface area contributed by atoms with Gasteiger partial charge in [-0.2, -0.15) is 8.42 Å². The Balaban J connectivity index is 2.66. The van der Waals surface area contributed by atoms with Gasteiger partial charge in [0.2, 0.25) is 11.2 Å². The molecule has 0 aliphatic rings. The highest BCUT2D eigenvalue weighted by molar-refractivity contribution is 7.86. The molecule has 0 bridgehead atoms. The number of H-pyrrole nitrogens is 1. The summed E-state index contributed by atoms with van der Waals surface area (Å²) in [5.41, 5.74) is 0.188. The van der Waals surface area contributed by atoms with E-state index in [4.69, 9.17) is 0 Å². The summed E-state index contributed by atoms with van der Waals surface area (Å²) in [5, 5.41) is 0.392. The van der Waals surface area contributed by atoms with Crippen molar-refractivity contribution in [3.05, 3.63) is 40.7 Å². The van der Waals surface area contributed by atoms with E-state index in [1.54, 1.807) is 24.3 Å². The Kier molecular flexibility index (Phi) is 2.43. The summed E-state index contributed by atoms with van der Waals surface area (Å²) in [7, 11) is -3.69. The lowest BCUT2D eigenvalue weighted by Crippen LogP contribution is -2.14. The Labute approximate surface area is 91.8 Å². The maximum absolute atomic E-state index is 11.8. The normalized spacial score (nSPS) is 11.6. The molecule has 1 heterocycles. The van der Waals surface area contributed by atoms with Crippen LogP contribution >= 0.6 is 0 Å². The first-order valence-corrected chi connectivity index (χ1v) is 6.29. The molecule has 0 saturated heterocycles. The van der Waals surface area contributed by atoms with Crippen molar-refractivity contribution in [3.63, 3.8) is 0 Å². The van der Waals surface area contributed by atoms with Crippen LogP contribution in [0.4, 0.5) is 0 Å². The fraction of sp³-hybridized carbons (Fsp3) is 0.100. The van der Waals surface area contributed by atoms with E-state index in [-0.39, 0.29) is 5.75 Å². The zero-order chi connectivity index (χ0) is 11.8. The number of hydrogen-bond donors (Lipinski definition) is 1. The Morgan fingerprint density at radius 2 is 1.94 bits per heavy atom. The molecule has 16 heavy (non-hydrogen) atoms. The van der Waals surface area contributed by atoms with Gasteiger partial charge in [-0.3, -0.25) is 4.79 Å². The molecule has 0 unspecified atom stereocenters. The fourth-order valence-electron chi connectivity index (χ4n) is 1.37. The van der Waals surface area contributed by atoms with Crippen molar-refractivity contribution in [2.45, 2.75) is 0 Å². The third-order valence-corrected chi connectivity index (χ3v) is 2.48. The number of aromatic nitrogens is 1. The van der Waals surface area contributed by atoms with Crippen LogP contribution < -0.4 is 9.61 Å². The van der Waals surface area contributed by atoms with Gasteiger partial charge in [0.05, 0.1) is 6.26 Å². The lowest BCUT2D eigenvalue weighted by Gasteiger charge is -2.03. The molecule has 5 nitrogen and oxygen atoms in total. The van der Waals surface area contributed by atoms with Crippen molar-refractivity contribution >= 4 is 21.0 Å². The molecule has 2 aromatic rings. The molecule has 1 N–H and O–H groups in total. The SMILES string of the molecule is CS(=O)(=O)Oc1c[nH]c2ccccc2c1=O. The van der Waals surface area contributed by atoms with Gasteiger partial charge in [-0.25, -0.2) is 0 Å². The van der Waals surface area contributed by atoms with E-state index in [0.717, 1.165) is 6.26 Å². The predicted octanol–water partition coefficient (Wildman–Crippen LogP) is 0.867. The van der Waals surface area contributed by atoms with E-state index < -0.39 is 15.5 Å². The predicted molar refractivity (Wildman–Crippen MR) is 60.0 cm³/mol. The van der Waals surface area contributed by atoms with E-state index in [9.17, 15) is 13.2 Å². The van der Waals surface area contributed by atoms with Gasteiger partial charge in [0, 0.05) is 17.1 Å². The number of fused-ring (bicyclic) bond motifs is 1. The molecule has 6 heteroatoms. The number of hydrogen-bond acceptors (Lipinski definition) is 4. The van der Waals surface area contributed by atoms with Crippen molar-refractivity contribution in [3.8, 4) is 5.75 Å². The molecule has 2 rings (SSSR count). The van der Waals surface area contributed by atoms with Gasteiger partial charge >= 0.3 is 10.1 Å². The van der Waals surface area contributed by atoms with E-state index in [1.165, 1.54) is 6.20 Å².